The minimum Gasteiger partial charge on any atom is -0.406 e. The zero-order valence-corrected chi connectivity index (χ0v) is 11.6. The quantitative estimate of drug-likeness (QED) is 0.787. The Labute approximate surface area is 124 Å². The molecule has 0 saturated heterocycles. The van der Waals surface area contributed by atoms with Crippen molar-refractivity contribution in [3.8, 4) is 5.75 Å². The molecule has 0 radical (unpaired) electrons. The van der Waals surface area contributed by atoms with E-state index in [2.05, 4.69) is 15.4 Å². The summed E-state index contributed by atoms with van der Waals surface area (Å²) in [5.41, 5.74) is 0.211. The van der Waals surface area contributed by atoms with Crippen molar-refractivity contribution in [1.29, 1.82) is 0 Å². The van der Waals surface area contributed by atoms with Crippen molar-refractivity contribution in [3.63, 3.8) is 0 Å². The van der Waals surface area contributed by atoms with Crippen LogP contribution in [0.4, 0.5) is 13.2 Å². The van der Waals surface area contributed by atoms with Gasteiger partial charge in [0, 0.05) is 24.6 Å². The topological polar surface area (TPSA) is 67.4 Å². The number of alkyl halides is 3. The van der Waals surface area contributed by atoms with Gasteiger partial charge in [0.15, 0.2) is 0 Å². The third-order valence-electron chi connectivity index (χ3n) is 3.01. The standard InChI is InChI=1S/C14H15F3N2O3/c15-14(16,17)22-11-5-3-10(4-6-11)13(21)19-8-7-18-12(20)9-1-2-9/h3-6,9H,1-2,7-8H2,(H,18,20)(H,19,21). The molecule has 8 heteroatoms. The van der Waals surface area contributed by atoms with E-state index in [4.69, 9.17) is 0 Å². The van der Waals surface area contributed by atoms with Crippen molar-refractivity contribution in [2.24, 2.45) is 5.92 Å². The molecule has 2 amide bonds. The SMILES string of the molecule is O=C(NCCNC(=O)C1CC1)c1ccc(OC(F)(F)F)cc1. The predicted octanol–water partition coefficient (Wildman–Crippen LogP) is 1.84. The first-order valence-electron chi connectivity index (χ1n) is 6.77. The molecule has 1 aliphatic carbocycles. The van der Waals surface area contributed by atoms with E-state index in [0.29, 0.717) is 6.54 Å². The van der Waals surface area contributed by atoms with E-state index in [1.54, 1.807) is 0 Å². The van der Waals surface area contributed by atoms with E-state index in [9.17, 15) is 22.8 Å². The summed E-state index contributed by atoms with van der Waals surface area (Å²) < 4.78 is 39.7. The molecule has 1 saturated carbocycles. The number of halogens is 3. The number of carbonyl (C=O) groups excluding carboxylic acids is 2. The van der Waals surface area contributed by atoms with E-state index in [0.717, 1.165) is 25.0 Å². The summed E-state index contributed by atoms with van der Waals surface area (Å²) in [5.74, 6) is -0.722. The number of hydrogen-bond donors (Lipinski definition) is 2. The smallest absolute Gasteiger partial charge is 0.406 e. The average Bonchev–Trinajstić information content (AvgIpc) is 3.26. The van der Waals surface area contributed by atoms with Crippen molar-refractivity contribution in [2.75, 3.05) is 13.1 Å². The van der Waals surface area contributed by atoms with Crippen molar-refractivity contribution in [1.82, 2.24) is 10.6 Å². The molecular weight excluding hydrogens is 301 g/mol. The van der Waals surface area contributed by atoms with Gasteiger partial charge in [-0.05, 0) is 37.1 Å². The molecule has 0 spiro atoms. The maximum atomic E-state index is 12.0. The second-order valence-corrected chi connectivity index (χ2v) is 4.89. The molecule has 0 bridgehead atoms. The van der Waals surface area contributed by atoms with Gasteiger partial charge in [0.1, 0.15) is 5.75 Å². The molecular formula is C14H15F3N2O3. The lowest BCUT2D eigenvalue weighted by molar-refractivity contribution is -0.274. The number of benzene rings is 1. The molecule has 2 rings (SSSR count). The molecule has 120 valence electrons. The number of ether oxygens (including phenoxy) is 1. The van der Waals surface area contributed by atoms with Crippen LogP contribution in [0.5, 0.6) is 5.75 Å². The van der Waals surface area contributed by atoms with E-state index in [1.165, 1.54) is 12.1 Å². The molecule has 1 aliphatic rings. The fourth-order valence-corrected chi connectivity index (χ4v) is 1.76. The Balaban J connectivity index is 1.73. The molecule has 0 aliphatic heterocycles. The highest BCUT2D eigenvalue weighted by molar-refractivity contribution is 5.94. The Kier molecular flexibility index (Phi) is 4.89. The van der Waals surface area contributed by atoms with Gasteiger partial charge >= 0.3 is 6.36 Å². The first-order chi connectivity index (χ1) is 10.3. The number of amides is 2. The Morgan fingerprint density at radius 2 is 1.68 bits per heavy atom. The molecule has 5 nitrogen and oxygen atoms in total. The third-order valence-corrected chi connectivity index (χ3v) is 3.01. The molecule has 0 unspecified atom stereocenters. The Morgan fingerprint density at radius 3 is 2.23 bits per heavy atom. The van der Waals surface area contributed by atoms with Gasteiger partial charge in [-0.2, -0.15) is 0 Å². The second-order valence-electron chi connectivity index (χ2n) is 4.89. The first-order valence-corrected chi connectivity index (χ1v) is 6.77. The Bertz CT molecular complexity index is 539. The van der Waals surface area contributed by atoms with Gasteiger partial charge in [-0.3, -0.25) is 9.59 Å². The van der Waals surface area contributed by atoms with Gasteiger partial charge in [0.25, 0.3) is 5.91 Å². The predicted molar refractivity (Wildman–Crippen MR) is 71.2 cm³/mol. The zero-order valence-electron chi connectivity index (χ0n) is 11.6. The van der Waals surface area contributed by atoms with Crippen molar-refractivity contribution >= 4 is 11.8 Å². The summed E-state index contributed by atoms with van der Waals surface area (Å²) in [7, 11) is 0. The van der Waals surface area contributed by atoms with E-state index in [1.807, 2.05) is 0 Å². The highest BCUT2D eigenvalue weighted by atomic mass is 19.4. The summed E-state index contributed by atoms with van der Waals surface area (Å²) in [5, 5.41) is 5.25. The van der Waals surface area contributed by atoms with Gasteiger partial charge in [-0.25, -0.2) is 0 Å². The molecule has 0 aromatic heterocycles. The fraction of sp³-hybridized carbons (Fsp3) is 0.429. The molecule has 1 aromatic carbocycles. The summed E-state index contributed by atoms with van der Waals surface area (Å²) in [6, 6.07) is 4.60. The molecule has 1 fully saturated rings. The highest BCUT2D eigenvalue weighted by Gasteiger charge is 2.31. The lowest BCUT2D eigenvalue weighted by Gasteiger charge is -2.10. The van der Waals surface area contributed by atoms with Crippen LogP contribution in [0.25, 0.3) is 0 Å². The number of hydrogen-bond acceptors (Lipinski definition) is 3. The normalized spacial score (nSPS) is 14.3. The van der Waals surface area contributed by atoms with Crippen LogP contribution >= 0.6 is 0 Å². The van der Waals surface area contributed by atoms with Crippen molar-refractivity contribution in [2.45, 2.75) is 19.2 Å². The zero-order chi connectivity index (χ0) is 16.2. The molecule has 22 heavy (non-hydrogen) atoms. The summed E-state index contributed by atoms with van der Waals surface area (Å²) in [6.45, 7) is 0.564. The monoisotopic (exact) mass is 316 g/mol. The van der Waals surface area contributed by atoms with Crippen LogP contribution in [-0.2, 0) is 4.79 Å². The molecule has 1 aromatic rings. The van der Waals surface area contributed by atoms with Gasteiger partial charge in [-0.15, -0.1) is 13.2 Å². The van der Waals surface area contributed by atoms with Crippen LogP contribution in [0.2, 0.25) is 0 Å². The number of nitrogens with one attached hydrogen (secondary N) is 2. The van der Waals surface area contributed by atoms with Crippen LogP contribution in [0.3, 0.4) is 0 Å². The van der Waals surface area contributed by atoms with Crippen LogP contribution in [0.15, 0.2) is 24.3 Å². The number of carbonyl (C=O) groups is 2. The minimum atomic E-state index is -4.76. The highest BCUT2D eigenvalue weighted by Crippen LogP contribution is 2.28. The molecule has 2 N–H and O–H groups in total. The van der Waals surface area contributed by atoms with Crippen LogP contribution in [0.1, 0.15) is 23.2 Å². The summed E-state index contributed by atoms with van der Waals surface area (Å²) in [6.07, 6.45) is -2.95. The van der Waals surface area contributed by atoms with Gasteiger partial charge in [0.2, 0.25) is 5.91 Å². The molecule has 0 heterocycles. The van der Waals surface area contributed by atoms with Gasteiger partial charge < -0.3 is 15.4 Å². The largest absolute Gasteiger partial charge is 0.573 e. The Hall–Kier alpha value is -2.25. The van der Waals surface area contributed by atoms with Crippen LogP contribution in [-0.4, -0.2) is 31.3 Å². The van der Waals surface area contributed by atoms with E-state index in [-0.39, 0.29) is 29.7 Å². The van der Waals surface area contributed by atoms with Crippen molar-refractivity contribution in [3.05, 3.63) is 29.8 Å². The maximum absolute atomic E-state index is 12.0. The average molecular weight is 316 g/mol. The Morgan fingerprint density at radius 1 is 1.09 bits per heavy atom. The maximum Gasteiger partial charge on any atom is 0.573 e. The lowest BCUT2D eigenvalue weighted by atomic mass is 10.2. The van der Waals surface area contributed by atoms with E-state index >= 15 is 0 Å². The first kappa shape index (κ1) is 16.1. The third kappa shape index (κ3) is 5.27. The lowest BCUT2D eigenvalue weighted by Crippen LogP contribution is -2.35. The van der Waals surface area contributed by atoms with Gasteiger partial charge in [-0.1, -0.05) is 0 Å². The summed E-state index contributed by atoms with van der Waals surface area (Å²) >= 11 is 0. The van der Waals surface area contributed by atoms with Gasteiger partial charge in [0.05, 0.1) is 0 Å². The van der Waals surface area contributed by atoms with Crippen molar-refractivity contribution < 1.29 is 27.5 Å². The van der Waals surface area contributed by atoms with E-state index < -0.39 is 12.3 Å². The second kappa shape index (κ2) is 6.67. The fourth-order valence-electron chi connectivity index (χ4n) is 1.76. The molecule has 0 atom stereocenters. The van der Waals surface area contributed by atoms with Crippen LogP contribution in [0, 0.1) is 5.92 Å². The minimum absolute atomic E-state index is 0.0112. The number of rotatable bonds is 6. The van der Waals surface area contributed by atoms with Crippen LogP contribution < -0.4 is 15.4 Å². The summed E-state index contributed by atoms with van der Waals surface area (Å²) in [4.78, 5) is 23.1.